The van der Waals surface area contributed by atoms with Gasteiger partial charge in [0.1, 0.15) is 17.7 Å². The third-order valence-corrected chi connectivity index (χ3v) is 4.71. The lowest BCUT2D eigenvalue weighted by molar-refractivity contribution is 0.178. The van der Waals surface area contributed by atoms with Gasteiger partial charge in [0.2, 0.25) is 5.95 Å². The lowest BCUT2D eigenvalue weighted by atomic mass is 10.1. The van der Waals surface area contributed by atoms with Crippen LogP contribution in [0.1, 0.15) is 18.4 Å². The molecular formula is C20H22FN5O. The normalized spacial score (nSPS) is 17.1. The number of hydrogen-bond acceptors (Lipinski definition) is 5. The summed E-state index contributed by atoms with van der Waals surface area (Å²) in [4.78, 5) is 11.5. The summed E-state index contributed by atoms with van der Waals surface area (Å²) in [6.07, 6.45) is 7.59. The maximum atomic E-state index is 13.1. The van der Waals surface area contributed by atoms with Crippen LogP contribution in [-0.4, -0.2) is 38.9 Å². The van der Waals surface area contributed by atoms with Crippen LogP contribution in [0.25, 0.3) is 11.3 Å². The molecule has 1 aromatic carbocycles. The quantitative estimate of drug-likeness (QED) is 0.708. The van der Waals surface area contributed by atoms with Crippen molar-refractivity contribution < 1.29 is 9.13 Å². The molecule has 0 bridgehead atoms. The molecule has 0 N–H and O–H groups in total. The molecule has 1 aliphatic heterocycles. The van der Waals surface area contributed by atoms with Crippen LogP contribution >= 0.6 is 0 Å². The molecule has 1 saturated heterocycles. The molecule has 0 radical (unpaired) electrons. The Kier molecular flexibility index (Phi) is 4.75. The average Bonchev–Trinajstić information content (AvgIpc) is 3.10. The first-order valence-electron chi connectivity index (χ1n) is 9.08. The zero-order valence-electron chi connectivity index (χ0n) is 15.5. The van der Waals surface area contributed by atoms with Crippen molar-refractivity contribution in [3.05, 3.63) is 54.2 Å². The summed E-state index contributed by atoms with van der Waals surface area (Å²) < 4.78 is 20.9. The lowest BCUT2D eigenvalue weighted by Crippen LogP contribution is -2.42. The highest BCUT2D eigenvalue weighted by atomic mass is 19.1. The van der Waals surface area contributed by atoms with Crippen LogP contribution in [-0.2, 0) is 7.05 Å². The molecule has 1 fully saturated rings. The minimum absolute atomic E-state index is 0.0240. The SMILES string of the molecule is Cc1cnc(N2CCC[C@H](Oc3ccc(F)cc3)C2)nc1-c1cnn(C)c1. The minimum Gasteiger partial charge on any atom is -0.489 e. The highest BCUT2D eigenvalue weighted by Gasteiger charge is 2.24. The molecule has 3 aromatic rings. The Morgan fingerprint density at radius 3 is 2.74 bits per heavy atom. The maximum absolute atomic E-state index is 13.1. The fraction of sp³-hybridized carbons (Fsp3) is 0.350. The number of nitrogens with zero attached hydrogens (tertiary/aromatic N) is 5. The predicted octanol–water partition coefficient (Wildman–Crippen LogP) is 3.37. The van der Waals surface area contributed by atoms with E-state index in [4.69, 9.17) is 9.72 Å². The molecule has 1 aliphatic rings. The lowest BCUT2D eigenvalue weighted by Gasteiger charge is -2.33. The summed E-state index contributed by atoms with van der Waals surface area (Å²) in [7, 11) is 1.89. The van der Waals surface area contributed by atoms with Gasteiger partial charge in [-0.3, -0.25) is 4.68 Å². The molecule has 0 amide bonds. The second-order valence-electron chi connectivity index (χ2n) is 6.89. The van der Waals surface area contributed by atoms with Crippen molar-refractivity contribution in [2.75, 3.05) is 18.0 Å². The van der Waals surface area contributed by atoms with Crippen molar-refractivity contribution in [3.8, 4) is 17.0 Å². The molecule has 3 heterocycles. The number of halogens is 1. The third-order valence-electron chi connectivity index (χ3n) is 4.71. The second-order valence-corrected chi connectivity index (χ2v) is 6.89. The van der Waals surface area contributed by atoms with E-state index in [0.717, 1.165) is 36.2 Å². The Hall–Kier alpha value is -2.96. The number of ether oxygens (including phenoxy) is 1. The smallest absolute Gasteiger partial charge is 0.226 e. The average molecular weight is 367 g/mol. The van der Waals surface area contributed by atoms with Gasteiger partial charge >= 0.3 is 0 Å². The molecule has 140 valence electrons. The van der Waals surface area contributed by atoms with Gasteiger partial charge in [-0.05, 0) is 49.6 Å². The van der Waals surface area contributed by atoms with E-state index in [1.165, 1.54) is 12.1 Å². The Labute approximate surface area is 157 Å². The monoisotopic (exact) mass is 367 g/mol. The minimum atomic E-state index is -0.261. The topological polar surface area (TPSA) is 56.1 Å². The van der Waals surface area contributed by atoms with Gasteiger partial charge in [0.25, 0.3) is 0 Å². The molecule has 27 heavy (non-hydrogen) atoms. The second kappa shape index (κ2) is 7.34. The molecule has 6 nitrogen and oxygen atoms in total. The Balaban J connectivity index is 1.52. The fourth-order valence-corrected chi connectivity index (χ4v) is 3.34. The Morgan fingerprint density at radius 2 is 2.00 bits per heavy atom. The van der Waals surface area contributed by atoms with E-state index in [1.807, 2.05) is 32.6 Å². The number of hydrogen-bond donors (Lipinski definition) is 0. The molecule has 0 spiro atoms. The van der Waals surface area contributed by atoms with E-state index < -0.39 is 0 Å². The van der Waals surface area contributed by atoms with Crippen molar-refractivity contribution >= 4 is 5.95 Å². The zero-order chi connectivity index (χ0) is 18.8. The third kappa shape index (κ3) is 3.92. The summed E-state index contributed by atoms with van der Waals surface area (Å²) in [5.41, 5.74) is 2.90. The van der Waals surface area contributed by atoms with Crippen LogP contribution in [0.3, 0.4) is 0 Å². The molecule has 2 aromatic heterocycles. The highest BCUT2D eigenvalue weighted by Crippen LogP contribution is 2.25. The van der Waals surface area contributed by atoms with Crippen molar-refractivity contribution in [2.24, 2.45) is 7.05 Å². The molecule has 0 unspecified atom stereocenters. The van der Waals surface area contributed by atoms with Gasteiger partial charge < -0.3 is 9.64 Å². The summed E-state index contributed by atoms with van der Waals surface area (Å²) in [5, 5.41) is 4.24. The van der Waals surface area contributed by atoms with E-state index in [-0.39, 0.29) is 11.9 Å². The number of benzene rings is 1. The van der Waals surface area contributed by atoms with Gasteiger partial charge in [0, 0.05) is 31.5 Å². The molecule has 0 aliphatic carbocycles. The van der Waals surface area contributed by atoms with E-state index >= 15 is 0 Å². The Morgan fingerprint density at radius 1 is 1.19 bits per heavy atom. The molecule has 7 heteroatoms. The zero-order valence-corrected chi connectivity index (χ0v) is 15.5. The summed E-state index contributed by atoms with van der Waals surface area (Å²) >= 11 is 0. The largest absolute Gasteiger partial charge is 0.489 e. The standard InChI is InChI=1S/C20H22FN5O/c1-14-10-22-20(24-19(14)15-11-23-25(2)12-15)26-9-3-4-18(13-26)27-17-7-5-16(21)6-8-17/h5-8,10-12,18H,3-4,9,13H2,1-2H3/t18-/m0/s1. The number of aromatic nitrogens is 4. The van der Waals surface area contributed by atoms with Crippen LogP contribution < -0.4 is 9.64 Å². The molecular weight excluding hydrogens is 345 g/mol. The van der Waals surface area contributed by atoms with Crippen LogP contribution in [0.2, 0.25) is 0 Å². The maximum Gasteiger partial charge on any atom is 0.226 e. The van der Waals surface area contributed by atoms with Gasteiger partial charge in [-0.15, -0.1) is 0 Å². The summed E-state index contributed by atoms with van der Waals surface area (Å²) in [6, 6.07) is 6.16. The van der Waals surface area contributed by atoms with Crippen LogP contribution in [0.15, 0.2) is 42.9 Å². The van der Waals surface area contributed by atoms with Gasteiger partial charge in [-0.1, -0.05) is 0 Å². The van der Waals surface area contributed by atoms with Crippen molar-refractivity contribution in [2.45, 2.75) is 25.9 Å². The van der Waals surface area contributed by atoms with Gasteiger partial charge in [-0.2, -0.15) is 5.10 Å². The van der Waals surface area contributed by atoms with Gasteiger partial charge in [0.05, 0.1) is 18.4 Å². The van der Waals surface area contributed by atoms with Gasteiger partial charge in [0.15, 0.2) is 0 Å². The van der Waals surface area contributed by atoms with Crippen LogP contribution in [0, 0.1) is 12.7 Å². The predicted molar refractivity (Wildman–Crippen MR) is 101 cm³/mol. The number of piperidine rings is 1. The summed E-state index contributed by atoms with van der Waals surface area (Å²) in [6.45, 7) is 3.59. The number of rotatable bonds is 4. The first kappa shape index (κ1) is 17.5. The number of aryl methyl sites for hydroxylation is 2. The van der Waals surface area contributed by atoms with Crippen molar-refractivity contribution in [3.63, 3.8) is 0 Å². The van der Waals surface area contributed by atoms with Gasteiger partial charge in [-0.25, -0.2) is 14.4 Å². The summed E-state index contributed by atoms with van der Waals surface area (Å²) in [5.74, 6) is 1.12. The number of anilines is 1. The highest BCUT2D eigenvalue weighted by molar-refractivity contribution is 5.62. The molecule has 4 rings (SSSR count). The van der Waals surface area contributed by atoms with E-state index in [9.17, 15) is 4.39 Å². The first-order valence-corrected chi connectivity index (χ1v) is 9.08. The first-order chi connectivity index (χ1) is 13.1. The molecule has 1 atom stereocenters. The van der Waals surface area contributed by atoms with Crippen LogP contribution in [0.4, 0.5) is 10.3 Å². The van der Waals surface area contributed by atoms with Crippen LogP contribution in [0.5, 0.6) is 5.75 Å². The van der Waals surface area contributed by atoms with E-state index in [0.29, 0.717) is 18.2 Å². The van der Waals surface area contributed by atoms with E-state index in [1.54, 1.807) is 16.8 Å². The van der Waals surface area contributed by atoms with E-state index in [2.05, 4.69) is 15.0 Å². The fourth-order valence-electron chi connectivity index (χ4n) is 3.34. The van der Waals surface area contributed by atoms with Crippen molar-refractivity contribution in [1.82, 2.24) is 19.7 Å². The molecule has 0 saturated carbocycles. The Bertz CT molecular complexity index is 924. The van der Waals surface area contributed by atoms with Crippen molar-refractivity contribution in [1.29, 1.82) is 0 Å².